The minimum atomic E-state index is -4.59. The number of piperazine rings is 1. The number of amides is 2. The Hall–Kier alpha value is -4.94. The van der Waals surface area contributed by atoms with Crippen LogP contribution in [0, 0.1) is 0 Å². The van der Waals surface area contributed by atoms with E-state index in [0.29, 0.717) is 47.1 Å². The Bertz CT molecular complexity index is 1740. The maximum atomic E-state index is 14.1. The largest absolute Gasteiger partial charge is 0.416 e. The topological polar surface area (TPSA) is 105 Å². The van der Waals surface area contributed by atoms with E-state index in [9.17, 15) is 22.8 Å². The van der Waals surface area contributed by atoms with Crippen LogP contribution in [-0.4, -0.2) is 64.3 Å². The van der Waals surface area contributed by atoms with Gasteiger partial charge < -0.3 is 25.8 Å². The molecule has 2 aliphatic heterocycles. The number of alkyl halides is 3. The fourth-order valence-electron chi connectivity index (χ4n) is 5.59. The molecule has 9 nitrogen and oxygen atoms in total. The van der Waals surface area contributed by atoms with E-state index in [2.05, 4.69) is 37.7 Å². The third-order valence-electron chi connectivity index (χ3n) is 8.01. The van der Waals surface area contributed by atoms with Crippen molar-refractivity contribution < 1.29 is 22.8 Å². The first-order chi connectivity index (χ1) is 21.7. The molecule has 232 valence electrons. The molecule has 0 radical (unpaired) electrons. The van der Waals surface area contributed by atoms with Gasteiger partial charge in [0.15, 0.2) is 0 Å². The molecule has 0 aliphatic carbocycles. The number of hydrogen-bond donors (Lipinski definition) is 4. The van der Waals surface area contributed by atoms with Crippen molar-refractivity contribution in [1.29, 1.82) is 0 Å². The zero-order chi connectivity index (χ0) is 31.6. The van der Waals surface area contributed by atoms with Crippen molar-refractivity contribution in [3.05, 3.63) is 101 Å². The Morgan fingerprint density at radius 2 is 1.73 bits per heavy atom. The third kappa shape index (κ3) is 6.92. The van der Waals surface area contributed by atoms with E-state index in [4.69, 9.17) is 0 Å². The van der Waals surface area contributed by atoms with Crippen molar-refractivity contribution in [2.24, 2.45) is 0 Å². The van der Waals surface area contributed by atoms with E-state index in [1.165, 1.54) is 18.5 Å². The number of H-pyrrole nitrogens is 1. The van der Waals surface area contributed by atoms with Crippen LogP contribution >= 0.6 is 0 Å². The molecule has 4 N–H and O–H groups in total. The molecule has 45 heavy (non-hydrogen) atoms. The highest BCUT2D eigenvalue weighted by atomic mass is 19.4. The number of nitrogens with zero attached hydrogens (tertiary/aromatic N) is 3. The van der Waals surface area contributed by atoms with Gasteiger partial charge >= 0.3 is 6.18 Å². The summed E-state index contributed by atoms with van der Waals surface area (Å²) in [6.45, 7) is 6.20. The van der Waals surface area contributed by atoms with E-state index < -0.39 is 17.6 Å². The van der Waals surface area contributed by atoms with Crippen LogP contribution in [0.25, 0.3) is 11.6 Å². The molecule has 0 unspecified atom stereocenters. The van der Waals surface area contributed by atoms with Gasteiger partial charge in [0, 0.05) is 60.9 Å². The Morgan fingerprint density at radius 3 is 2.47 bits per heavy atom. The maximum Gasteiger partial charge on any atom is 0.416 e. The number of benzene rings is 3. The van der Waals surface area contributed by atoms with Crippen LogP contribution in [-0.2, 0) is 17.5 Å². The first kappa shape index (κ1) is 30.1. The smallest absolute Gasteiger partial charge is 0.355 e. The quantitative estimate of drug-likeness (QED) is 0.180. The number of aromatic amines is 1. The number of hydrogen-bond acceptors (Lipinski definition) is 6. The van der Waals surface area contributed by atoms with Gasteiger partial charge in [-0.15, -0.1) is 0 Å². The van der Waals surface area contributed by atoms with E-state index in [0.717, 1.165) is 31.3 Å². The number of aromatic nitrogens is 2. The van der Waals surface area contributed by atoms with Gasteiger partial charge in [-0.2, -0.15) is 13.2 Å². The van der Waals surface area contributed by atoms with Crippen molar-refractivity contribution in [2.45, 2.75) is 19.6 Å². The number of rotatable bonds is 8. The average molecular weight is 616 g/mol. The molecule has 0 bridgehead atoms. The number of fused-ring (bicyclic) bond motifs is 1. The number of nitrogens with one attached hydrogen (secondary N) is 4. The van der Waals surface area contributed by atoms with E-state index in [-0.39, 0.29) is 23.6 Å². The van der Waals surface area contributed by atoms with Crippen molar-refractivity contribution in [2.75, 3.05) is 48.7 Å². The molecule has 2 amide bonds. The predicted molar refractivity (Wildman–Crippen MR) is 168 cm³/mol. The zero-order valence-electron chi connectivity index (χ0n) is 24.5. The molecule has 0 saturated carbocycles. The second kappa shape index (κ2) is 12.6. The van der Waals surface area contributed by atoms with Crippen LogP contribution in [0.3, 0.4) is 0 Å². The molecule has 1 fully saturated rings. The van der Waals surface area contributed by atoms with Crippen LogP contribution in [0.4, 0.5) is 35.9 Å². The molecule has 3 aromatic carbocycles. The number of imidazole rings is 1. The molecular formula is C33H32F3N7O2. The van der Waals surface area contributed by atoms with E-state index in [1.807, 2.05) is 17.0 Å². The monoisotopic (exact) mass is 615 g/mol. The van der Waals surface area contributed by atoms with Crippen LogP contribution in [0.15, 0.2) is 73.2 Å². The normalized spacial score (nSPS) is 16.4. The second-order valence-corrected chi connectivity index (χ2v) is 11.0. The van der Waals surface area contributed by atoms with E-state index in [1.54, 1.807) is 42.6 Å². The van der Waals surface area contributed by atoms with Gasteiger partial charge in [-0.25, -0.2) is 4.98 Å². The summed E-state index contributed by atoms with van der Waals surface area (Å²) in [5, 5.41) is 8.83. The minimum absolute atomic E-state index is 0.0754. The highest BCUT2D eigenvalue weighted by Gasteiger charge is 2.35. The number of carbonyl (C=O) groups is 2. The lowest BCUT2D eigenvalue weighted by Gasteiger charge is -2.34. The predicted octanol–water partition coefficient (Wildman–Crippen LogP) is 6.05. The van der Waals surface area contributed by atoms with Crippen molar-refractivity contribution in [3.8, 4) is 0 Å². The van der Waals surface area contributed by atoms with Crippen LogP contribution in [0.2, 0.25) is 0 Å². The first-order valence-electron chi connectivity index (χ1n) is 14.7. The van der Waals surface area contributed by atoms with Gasteiger partial charge in [-0.1, -0.05) is 25.1 Å². The summed E-state index contributed by atoms with van der Waals surface area (Å²) in [5.74, 6) is -0.865. The lowest BCUT2D eigenvalue weighted by atomic mass is 10.0. The lowest BCUT2D eigenvalue weighted by molar-refractivity contribution is -0.138. The zero-order valence-corrected chi connectivity index (χ0v) is 24.5. The van der Waals surface area contributed by atoms with Crippen molar-refractivity contribution in [1.82, 2.24) is 19.8 Å². The van der Waals surface area contributed by atoms with Gasteiger partial charge in [-0.3, -0.25) is 14.5 Å². The van der Waals surface area contributed by atoms with Gasteiger partial charge in [-0.05, 0) is 60.6 Å². The Labute approximate surface area is 258 Å². The second-order valence-electron chi connectivity index (χ2n) is 11.0. The number of carbonyl (C=O) groups excluding carboxylic acids is 2. The molecule has 3 heterocycles. The molecule has 2 aliphatic rings. The molecule has 4 aromatic rings. The standard InChI is InChI=1S/C33H32F3N7O2/c1-2-42-10-12-43(13-11-42)19-22-7-6-21(14-29(22)33(34,35)36)31(44)40-24-5-3-4-23(15-24)39-25-8-9-27-28(16-26-18-37-20-38-26)32(45)41-30(27)17-25/h3-9,14-18,20,39H,2,10-13,19H2,1H3,(H,37,38)(H,40,44)(H,41,45). The summed E-state index contributed by atoms with van der Waals surface area (Å²) in [7, 11) is 0. The summed E-state index contributed by atoms with van der Waals surface area (Å²) in [4.78, 5) is 36.8. The van der Waals surface area contributed by atoms with Gasteiger partial charge in [0.2, 0.25) is 0 Å². The van der Waals surface area contributed by atoms with E-state index >= 15 is 0 Å². The highest BCUT2D eigenvalue weighted by molar-refractivity contribution is 6.35. The van der Waals surface area contributed by atoms with Crippen LogP contribution in [0.5, 0.6) is 0 Å². The summed E-state index contributed by atoms with van der Waals surface area (Å²) in [6.07, 6.45) is 0.301. The Morgan fingerprint density at radius 1 is 0.978 bits per heavy atom. The van der Waals surface area contributed by atoms with Gasteiger partial charge in [0.25, 0.3) is 11.8 Å². The fraction of sp³-hybridized carbons (Fsp3) is 0.242. The SMILES string of the molecule is CCN1CCN(Cc2ccc(C(=O)Nc3cccc(Nc4ccc5c(c4)NC(=O)C5=Cc4cnc[nH]4)c3)cc2C(F)(F)F)CC1. The fourth-order valence-corrected chi connectivity index (χ4v) is 5.59. The summed E-state index contributed by atoms with van der Waals surface area (Å²) in [6, 6.07) is 16.1. The summed E-state index contributed by atoms with van der Waals surface area (Å²) < 4.78 is 42.2. The summed E-state index contributed by atoms with van der Waals surface area (Å²) >= 11 is 0. The van der Waals surface area contributed by atoms with Gasteiger partial charge in [0.1, 0.15) is 0 Å². The van der Waals surface area contributed by atoms with Crippen molar-refractivity contribution >= 4 is 46.2 Å². The lowest BCUT2D eigenvalue weighted by Crippen LogP contribution is -2.45. The minimum Gasteiger partial charge on any atom is -0.355 e. The van der Waals surface area contributed by atoms with Crippen LogP contribution < -0.4 is 16.0 Å². The first-order valence-corrected chi connectivity index (χ1v) is 14.7. The van der Waals surface area contributed by atoms with Gasteiger partial charge in [0.05, 0.1) is 35.0 Å². The molecule has 1 saturated heterocycles. The van der Waals surface area contributed by atoms with Crippen LogP contribution in [0.1, 0.15) is 39.7 Å². The molecule has 1 aromatic heterocycles. The molecule has 0 atom stereocenters. The molecule has 12 heteroatoms. The summed E-state index contributed by atoms with van der Waals surface area (Å²) in [5.41, 5.74) is 3.66. The maximum absolute atomic E-state index is 14.1. The third-order valence-corrected chi connectivity index (χ3v) is 8.01. The Balaban J connectivity index is 1.14. The molecular weight excluding hydrogens is 583 g/mol. The van der Waals surface area contributed by atoms with Crippen molar-refractivity contribution in [3.63, 3.8) is 0 Å². The highest BCUT2D eigenvalue weighted by Crippen LogP contribution is 2.36. The number of anilines is 4. The number of likely N-dealkylation sites (N-methyl/N-ethyl adjacent to an activating group) is 1. The Kier molecular flexibility index (Phi) is 8.42. The molecule has 0 spiro atoms. The average Bonchev–Trinajstić information content (AvgIpc) is 3.64. The number of halogens is 3. The molecule has 6 rings (SSSR count).